The monoisotopic (exact) mass is 317 g/mol. The third kappa shape index (κ3) is 3.90. The van der Waals surface area contributed by atoms with Gasteiger partial charge in [-0.25, -0.2) is 0 Å². The molecule has 106 valence electrons. The Bertz CT molecular complexity index is 422. The molecular weight excluding hydrogens is 298 g/mol. The van der Waals surface area contributed by atoms with E-state index in [1.165, 1.54) is 10.4 Å². The van der Waals surface area contributed by atoms with Crippen LogP contribution in [0.5, 0.6) is 0 Å². The summed E-state index contributed by atoms with van der Waals surface area (Å²) >= 11 is 5.31. The fourth-order valence-electron chi connectivity index (χ4n) is 2.05. The molecule has 0 aliphatic carbocycles. The number of amides is 1. The molecule has 2 heterocycles. The van der Waals surface area contributed by atoms with E-state index < -0.39 is 0 Å². The zero-order chi connectivity index (χ0) is 13.7. The molecule has 1 unspecified atom stereocenters. The Hall–Kier alpha value is -0.170. The van der Waals surface area contributed by atoms with Crippen molar-refractivity contribution in [3.8, 4) is 0 Å². The molecule has 1 fully saturated rings. The van der Waals surface area contributed by atoms with E-state index in [1.54, 1.807) is 23.1 Å². The van der Waals surface area contributed by atoms with Crippen molar-refractivity contribution < 1.29 is 9.90 Å². The largest absolute Gasteiger partial charge is 0.396 e. The molecule has 1 saturated heterocycles. The lowest BCUT2D eigenvalue weighted by atomic mass is 10.2. The van der Waals surface area contributed by atoms with E-state index in [2.05, 4.69) is 18.4 Å². The van der Waals surface area contributed by atoms with Crippen LogP contribution < -0.4 is 0 Å². The number of rotatable bonds is 6. The maximum atomic E-state index is 12.1. The minimum absolute atomic E-state index is 0.191. The van der Waals surface area contributed by atoms with Crippen molar-refractivity contribution in [2.24, 2.45) is 0 Å². The number of carbonyl (C=O) groups excluding carboxylic acids is 1. The van der Waals surface area contributed by atoms with Crippen LogP contribution in [0.15, 0.2) is 11.4 Å². The molecule has 1 aromatic heterocycles. The number of carbonyl (C=O) groups is 1. The predicted molar refractivity (Wildman–Crippen MR) is 85.0 cm³/mol. The van der Waals surface area contributed by atoms with Crippen LogP contribution in [0, 0.1) is 6.92 Å². The van der Waals surface area contributed by atoms with Crippen molar-refractivity contribution >= 4 is 40.8 Å². The van der Waals surface area contributed by atoms with Gasteiger partial charge >= 0.3 is 0 Å². The summed E-state index contributed by atoms with van der Waals surface area (Å²) in [6.07, 6.45) is 0.649. The maximum Gasteiger partial charge on any atom is 0.224 e. The van der Waals surface area contributed by atoms with E-state index in [4.69, 9.17) is 5.11 Å². The standard InChI is InChI=1S/C13H19NO2S3/c1-10-2-6-18-12(10)13-14(4-8-17-9-5-15)11(16)3-7-19-13/h2,6,13,15H,3-5,7-9H2,1H3. The highest BCUT2D eigenvalue weighted by Crippen LogP contribution is 2.41. The van der Waals surface area contributed by atoms with E-state index in [9.17, 15) is 4.79 Å². The first-order valence-corrected chi connectivity index (χ1v) is 9.46. The van der Waals surface area contributed by atoms with Crippen molar-refractivity contribution in [2.75, 3.05) is 30.4 Å². The van der Waals surface area contributed by atoms with Crippen LogP contribution in [0.3, 0.4) is 0 Å². The van der Waals surface area contributed by atoms with Crippen LogP contribution in [-0.2, 0) is 4.79 Å². The van der Waals surface area contributed by atoms with Crippen molar-refractivity contribution in [1.29, 1.82) is 0 Å². The highest BCUT2D eigenvalue weighted by molar-refractivity contribution is 7.99. The minimum Gasteiger partial charge on any atom is -0.396 e. The molecule has 3 nitrogen and oxygen atoms in total. The molecular formula is C13H19NO2S3. The van der Waals surface area contributed by atoms with Crippen LogP contribution in [0.2, 0.25) is 0 Å². The Labute approximate surface area is 126 Å². The average Bonchev–Trinajstić information content (AvgIpc) is 2.82. The molecule has 0 bridgehead atoms. The van der Waals surface area contributed by atoms with Gasteiger partial charge in [0.25, 0.3) is 0 Å². The molecule has 0 aromatic carbocycles. The van der Waals surface area contributed by atoms with Crippen molar-refractivity contribution in [2.45, 2.75) is 18.7 Å². The van der Waals surface area contributed by atoms with Gasteiger partial charge in [0.1, 0.15) is 5.37 Å². The van der Waals surface area contributed by atoms with Crippen LogP contribution in [0.1, 0.15) is 22.2 Å². The van der Waals surface area contributed by atoms with Gasteiger partial charge in [0.2, 0.25) is 5.91 Å². The predicted octanol–water partition coefficient (Wildman–Crippen LogP) is 2.75. The number of hydrogen-bond acceptors (Lipinski definition) is 5. The summed E-state index contributed by atoms with van der Waals surface area (Å²) in [6.45, 7) is 3.10. The second-order valence-electron chi connectivity index (χ2n) is 4.36. The second kappa shape index (κ2) is 7.57. The van der Waals surface area contributed by atoms with E-state index >= 15 is 0 Å². The van der Waals surface area contributed by atoms with Crippen LogP contribution in [0.25, 0.3) is 0 Å². The molecule has 0 radical (unpaired) electrons. The molecule has 1 aliphatic rings. The fraction of sp³-hybridized carbons (Fsp3) is 0.615. The molecule has 19 heavy (non-hydrogen) atoms. The first kappa shape index (κ1) is 15.2. The summed E-state index contributed by atoms with van der Waals surface area (Å²) in [5, 5.41) is 11.1. The van der Waals surface area contributed by atoms with Crippen LogP contribution in [-0.4, -0.2) is 46.3 Å². The van der Waals surface area contributed by atoms with Gasteiger partial charge in [-0.2, -0.15) is 11.8 Å². The highest BCUT2D eigenvalue weighted by Gasteiger charge is 2.30. The lowest BCUT2D eigenvalue weighted by Crippen LogP contribution is -2.38. The minimum atomic E-state index is 0.191. The van der Waals surface area contributed by atoms with Crippen molar-refractivity contribution in [3.05, 3.63) is 21.9 Å². The first-order chi connectivity index (χ1) is 9.24. The van der Waals surface area contributed by atoms with Gasteiger partial charge in [0, 0.05) is 35.1 Å². The first-order valence-electron chi connectivity index (χ1n) is 6.37. The molecule has 1 amide bonds. The molecule has 1 aromatic rings. The zero-order valence-electron chi connectivity index (χ0n) is 11.0. The van der Waals surface area contributed by atoms with Gasteiger partial charge in [0.05, 0.1) is 6.61 Å². The Kier molecular flexibility index (Phi) is 6.06. The maximum absolute atomic E-state index is 12.1. The van der Waals surface area contributed by atoms with Gasteiger partial charge in [-0.1, -0.05) is 0 Å². The Morgan fingerprint density at radius 3 is 3.05 bits per heavy atom. The van der Waals surface area contributed by atoms with E-state index in [0.717, 1.165) is 23.8 Å². The molecule has 0 spiro atoms. The number of thiophene rings is 1. The molecule has 0 saturated carbocycles. The zero-order valence-corrected chi connectivity index (χ0v) is 13.5. The summed E-state index contributed by atoms with van der Waals surface area (Å²) in [7, 11) is 0. The summed E-state index contributed by atoms with van der Waals surface area (Å²) in [5.74, 6) is 2.83. The quantitative estimate of drug-likeness (QED) is 0.819. The summed E-state index contributed by atoms with van der Waals surface area (Å²) < 4.78 is 0. The van der Waals surface area contributed by atoms with E-state index in [0.29, 0.717) is 6.42 Å². The summed E-state index contributed by atoms with van der Waals surface area (Å²) in [6, 6.07) is 2.12. The number of nitrogens with zero attached hydrogens (tertiary/aromatic N) is 1. The topological polar surface area (TPSA) is 40.5 Å². The van der Waals surface area contributed by atoms with Gasteiger partial charge in [0.15, 0.2) is 0 Å². The lowest BCUT2D eigenvalue weighted by Gasteiger charge is -2.35. The number of aliphatic hydroxyl groups is 1. The number of thioether (sulfide) groups is 2. The van der Waals surface area contributed by atoms with Gasteiger partial charge in [-0.15, -0.1) is 23.1 Å². The number of aryl methyl sites for hydroxylation is 1. The van der Waals surface area contributed by atoms with Gasteiger partial charge < -0.3 is 10.0 Å². The Morgan fingerprint density at radius 2 is 2.37 bits per heavy atom. The molecule has 1 N–H and O–H groups in total. The van der Waals surface area contributed by atoms with Gasteiger partial charge in [-0.05, 0) is 23.9 Å². The molecule has 1 atom stereocenters. The second-order valence-corrected chi connectivity index (χ2v) is 7.72. The average molecular weight is 318 g/mol. The Balaban J connectivity index is 2.02. The van der Waals surface area contributed by atoms with Gasteiger partial charge in [-0.3, -0.25) is 4.79 Å². The summed E-state index contributed by atoms with van der Waals surface area (Å²) in [5.41, 5.74) is 1.28. The smallest absolute Gasteiger partial charge is 0.224 e. The van der Waals surface area contributed by atoms with Crippen molar-refractivity contribution in [1.82, 2.24) is 4.90 Å². The lowest BCUT2D eigenvalue weighted by molar-refractivity contribution is -0.131. The summed E-state index contributed by atoms with van der Waals surface area (Å²) in [4.78, 5) is 15.5. The molecule has 2 rings (SSSR count). The van der Waals surface area contributed by atoms with Crippen LogP contribution >= 0.6 is 34.9 Å². The number of aliphatic hydroxyl groups excluding tert-OH is 1. The highest BCUT2D eigenvalue weighted by atomic mass is 32.2. The van der Waals surface area contributed by atoms with Crippen LogP contribution in [0.4, 0.5) is 0 Å². The SMILES string of the molecule is Cc1ccsc1C1SCCC(=O)N1CCSCCO. The third-order valence-corrected chi connectivity index (χ3v) is 6.44. The molecule has 1 aliphatic heterocycles. The third-order valence-electron chi connectivity index (χ3n) is 3.03. The Morgan fingerprint density at radius 1 is 1.53 bits per heavy atom. The van der Waals surface area contributed by atoms with E-state index in [-0.39, 0.29) is 17.9 Å². The fourth-order valence-corrected chi connectivity index (χ4v) is 5.25. The van der Waals surface area contributed by atoms with Crippen molar-refractivity contribution in [3.63, 3.8) is 0 Å². The van der Waals surface area contributed by atoms with E-state index in [1.807, 2.05) is 16.7 Å². The number of hydrogen-bond donors (Lipinski definition) is 1. The normalized spacial score (nSPS) is 20.0. The molecule has 6 heteroatoms.